The zero-order valence-corrected chi connectivity index (χ0v) is 9.94. The van der Waals surface area contributed by atoms with Gasteiger partial charge < -0.3 is 0 Å². The molecule has 0 spiro atoms. The normalized spacial score (nSPS) is 10.9. The predicted molar refractivity (Wildman–Crippen MR) is 76.2 cm³/mol. The van der Waals surface area contributed by atoms with E-state index in [4.69, 9.17) is 0 Å². The van der Waals surface area contributed by atoms with Crippen LogP contribution in [0.2, 0.25) is 0 Å². The van der Waals surface area contributed by atoms with Gasteiger partial charge in [0.15, 0.2) is 0 Å². The van der Waals surface area contributed by atoms with E-state index in [-0.39, 0.29) is 27.9 Å². The van der Waals surface area contributed by atoms with Crippen LogP contribution in [0, 0.1) is 0 Å². The van der Waals surface area contributed by atoms with Crippen LogP contribution in [0.5, 0.6) is 0 Å². The van der Waals surface area contributed by atoms with E-state index >= 15 is 0 Å². The zero-order chi connectivity index (χ0) is 12.5. The molecule has 0 aliphatic heterocycles. The van der Waals surface area contributed by atoms with Crippen LogP contribution in [0.25, 0.3) is 10.8 Å². The molecule has 0 heterocycles. The number of hydrogen-bond acceptors (Lipinski definition) is 2. The van der Waals surface area contributed by atoms with Crippen LogP contribution in [0.3, 0.4) is 0 Å². The molecule has 2 rings (SSSR count). The average molecular weight is 275 g/mol. The van der Waals surface area contributed by atoms with Crippen molar-refractivity contribution in [2.24, 2.45) is 0 Å². The summed E-state index contributed by atoms with van der Waals surface area (Å²) >= 11 is 0. The molecule has 0 unspecified atom stereocenters. The van der Waals surface area contributed by atoms with Crippen molar-refractivity contribution in [2.45, 2.75) is 11.3 Å². The topological polar surface area (TPSA) is 54.4 Å². The molecule has 0 saturated carbocycles. The van der Waals surface area contributed by atoms with Crippen LogP contribution in [-0.4, -0.2) is 36.0 Å². The maximum absolute atomic E-state index is 11.5. The number of rotatable bonds is 3. The van der Waals surface area contributed by atoms with Crippen molar-refractivity contribution >= 4 is 43.9 Å². The monoisotopic (exact) mass is 274 g/mol. The second-order valence-corrected chi connectivity index (χ2v) is 5.10. The van der Waals surface area contributed by atoms with Gasteiger partial charge in [-0.2, -0.15) is 8.42 Å². The Labute approximate surface area is 122 Å². The van der Waals surface area contributed by atoms with Crippen LogP contribution in [0.1, 0.15) is 5.56 Å². The van der Waals surface area contributed by atoms with Gasteiger partial charge in [0, 0.05) is 5.39 Å². The minimum absolute atomic E-state index is 0. The molecule has 92 valence electrons. The van der Waals surface area contributed by atoms with Gasteiger partial charge in [-0.1, -0.05) is 42.5 Å². The summed E-state index contributed by atoms with van der Waals surface area (Å²) in [7, 11) is -4.23. The molecule has 0 aliphatic rings. The first-order valence-corrected chi connectivity index (χ1v) is 6.57. The molecule has 18 heavy (non-hydrogen) atoms. The summed E-state index contributed by atoms with van der Waals surface area (Å²) in [6.45, 7) is 3.58. The molecular weight excluding hydrogens is 261 g/mol. The quantitative estimate of drug-likeness (QED) is 0.528. The van der Waals surface area contributed by atoms with Crippen LogP contribution >= 0.6 is 0 Å². The molecular formula is C13H14MgO3S. The van der Waals surface area contributed by atoms with Gasteiger partial charge >= 0.3 is 23.1 Å². The van der Waals surface area contributed by atoms with Crippen molar-refractivity contribution in [2.75, 3.05) is 0 Å². The molecule has 2 aromatic rings. The fourth-order valence-corrected chi connectivity index (χ4v) is 2.86. The smallest absolute Gasteiger partial charge is 0.282 e. The van der Waals surface area contributed by atoms with Gasteiger partial charge in [-0.15, -0.1) is 6.58 Å². The molecule has 0 fully saturated rings. The van der Waals surface area contributed by atoms with Crippen molar-refractivity contribution in [3.63, 3.8) is 0 Å². The van der Waals surface area contributed by atoms with E-state index in [9.17, 15) is 13.0 Å². The van der Waals surface area contributed by atoms with Crippen molar-refractivity contribution in [1.29, 1.82) is 0 Å². The van der Waals surface area contributed by atoms with E-state index in [0.717, 1.165) is 5.39 Å². The van der Waals surface area contributed by atoms with Gasteiger partial charge in [-0.3, -0.25) is 4.55 Å². The van der Waals surface area contributed by atoms with E-state index in [1.807, 2.05) is 18.2 Å². The molecule has 0 radical (unpaired) electrons. The van der Waals surface area contributed by atoms with Gasteiger partial charge in [0.2, 0.25) is 0 Å². The standard InChI is InChI=1S/C13H12O3S.Mg.2H/c1-2-5-11-9-8-10-6-3-4-7-12(10)13(11)17(14,15)16;;;/h2-4,6-9H,1,5H2,(H,14,15,16);;;. The van der Waals surface area contributed by atoms with E-state index in [1.165, 1.54) is 0 Å². The SMILES string of the molecule is C=CCc1ccc2ccccc2c1S(=O)(=O)O.[MgH2]. The summed E-state index contributed by atoms with van der Waals surface area (Å²) in [5.74, 6) is 0. The molecule has 0 saturated heterocycles. The summed E-state index contributed by atoms with van der Waals surface area (Å²) in [5, 5.41) is 1.32. The Morgan fingerprint density at radius 3 is 2.44 bits per heavy atom. The Morgan fingerprint density at radius 2 is 1.83 bits per heavy atom. The molecule has 3 nitrogen and oxygen atoms in total. The molecule has 0 amide bonds. The lowest BCUT2D eigenvalue weighted by atomic mass is 10.0. The Hall–Kier alpha value is -0.884. The lowest BCUT2D eigenvalue weighted by Crippen LogP contribution is -2.03. The highest BCUT2D eigenvalue weighted by molar-refractivity contribution is 7.86. The summed E-state index contributed by atoms with van der Waals surface area (Å²) in [5.41, 5.74) is 0.557. The fourth-order valence-electron chi connectivity index (χ4n) is 1.91. The minimum atomic E-state index is -4.23. The largest absolute Gasteiger partial charge is 0.316 e. The Morgan fingerprint density at radius 1 is 1.17 bits per heavy atom. The minimum Gasteiger partial charge on any atom is -0.282 e. The maximum Gasteiger partial charge on any atom is 0.316 e. The lowest BCUT2D eigenvalue weighted by Gasteiger charge is -2.09. The summed E-state index contributed by atoms with van der Waals surface area (Å²) in [4.78, 5) is -0.0181. The van der Waals surface area contributed by atoms with E-state index in [1.54, 1.807) is 24.3 Å². The molecule has 0 aromatic heterocycles. The molecule has 5 heteroatoms. The summed E-state index contributed by atoms with van der Waals surface area (Å²) in [6, 6.07) is 10.6. The highest BCUT2D eigenvalue weighted by atomic mass is 32.2. The van der Waals surface area contributed by atoms with Gasteiger partial charge in [0.05, 0.1) is 0 Å². The first kappa shape index (κ1) is 15.2. The van der Waals surface area contributed by atoms with Gasteiger partial charge in [-0.05, 0) is 17.4 Å². The van der Waals surface area contributed by atoms with E-state index < -0.39 is 10.1 Å². The molecule has 0 aliphatic carbocycles. The lowest BCUT2D eigenvalue weighted by molar-refractivity contribution is 0.483. The first-order chi connectivity index (χ1) is 8.04. The Kier molecular flexibility index (Phi) is 4.92. The van der Waals surface area contributed by atoms with Crippen LogP contribution in [-0.2, 0) is 16.5 Å². The van der Waals surface area contributed by atoms with Crippen molar-refractivity contribution in [3.8, 4) is 0 Å². The van der Waals surface area contributed by atoms with Gasteiger partial charge in [-0.25, -0.2) is 0 Å². The summed E-state index contributed by atoms with van der Waals surface area (Å²) in [6.07, 6.45) is 2.01. The number of hydrogen-bond donors (Lipinski definition) is 1. The number of allylic oxidation sites excluding steroid dienone is 1. The average Bonchev–Trinajstić information content (AvgIpc) is 2.27. The zero-order valence-electron chi connectivity index (χ0n) is 9.13. The third kappa shape index (κ3) is 2.92. The second-order valence-electron chi connectivity index (χ2n) is 3.74. The third-order valence-electron chi connectivity index (χ3n) is 2.58. The van der Waals surface area contributed by atoms with Crippen LogP contribution < -0.4 is 0 Å². The first-order valence-electron chi connectivity index (χ1n) is 5.13. The molecule has 0 bridgehead atoms. The third-order valence-corrected chi connectivity index (χ3v) is 3.58. The van der Waals surface area contributed by atoms with Crippen molar-refractivity contribution in [1.82, 2.24) is 0 Å². The summed E-state index contributed by atoms with van der Waals surface area (Å²) < 4.78 is 32.3. The van der Waals surface area contributed by atoms with E-state index in [2.05, 4.69) is 6.58 Å². The number of fused-ring (bicyclic) bond motifs is 1. The Balaban J connectivity index is 0.00000162. The Bertz CT molecular complexity index is 678. The van der Waals surface area contributed by atoms with Crippen LogP contribution in [0.4, 0.5) is 0 Å². The van der Waals surface area contributed by atoms with E-state index in [0.29, 0.717) is 17.4 Å². The highest BCUT2D eigenvalue weighted by Crippen LogP contribution is 2.27. The predicted octanol–water partition coefficient (Wildman–Crippen LogP) is 1.90. The van der Waals surface area contributed by atoms with Gasteiger partial charge in [0.1, 0.15) is 4.90 Å². The fraction of sp³-hybridized carbons (Fsp3) is 0.0769. The van der Waals surface area contributed by atoms with Crippen molar-refractivity contribution in [3.05, 3.63) is 54.6 Å². The highest BCUT2D eigenvalue weighted by Gasteiger charge is 2.18. The molecule has 1 N–H and O–H groups in total. The van der Waals surface area contributed by atoms with Gasteiger partial charge in [0.25, 0.3) is 10.1 Å². The number of benzene rings is 2. The maximum atomic E-state index is 11.5. The molecule has 0 atom stereocenters. The molecule has 2 aromatic carbocycles. The second kappa shape index (κ2) is 5.84. The van der Waals surface area contributed by atoms with Crippen LogP contribution in [0.15, 0.2) is 53.9 Å². The van der Waals surface area contributed by atoms with Crippen molar-refractivity contribution < 1.29 is 13.0 Å².